The molecule has 0 heterocycles. The van der Waals surface area contributed by atoms with E-state index in [2.05, 4.69) is 19.2 Å². The number of rotatable bonds is 49. The molecule has 0 aliphatic rings. The third kappa shape index (κ3) is 44.5. The van der Waals surface area contributed by atoms with Gasteiger partial charge in [0.1, 0.15) is 0 Å². The minimum Gasteiger partial charge on any atom is -0.394 e. The van der Waals surface area contributed by atoms with E-state index < -0.39 is 12.1 Å². The number of aliphatic hydroxyl groups is 2. The smallest absolute Gasteiger partial charge is 0.220 e. The summed E-state index contributed by atoms with van der Waals surface area (Å²) in [5, 5.41) is 23.3. The van der Waals surface area contributed by atoms with Crippen molar-refractivity contribution in [1.29, 1.82) is 0 Å². The van der Waals surface area contributed by atoms with Crippen molar-refractivity contribution in [2.75, 3.05) is 6.61 Å². The van der Waals surface area contributed by atoms with Crippen LogP contribution in [0.5, 0.6) is 0 Å². The van der Waals surface area contributed by atoms with Crippen LogP contribution in [0.25, 0.3) is 0 Å². The summed E-state index contributed by atoms with van der Waals surface area (Å²) in [4.78, 5) is 12.4. The Morgan fingerprint density at radius 1 is 0.357 bits per heavy atom. The number of carbonyl (C=O) groups excluding carboxylic acids is 1. The van der Waals surface area contributed by atoms with Crippen LogP contribution in [0.1, 0.15) is 309 Å². The maximum atomic E-state index is 12.4. The molecule has 4 nitrogen and oxygen atoms in total. The maximum Gasteiger partial charge on any atom is 0.220 e. The second kappa shape index (κ2) is 48.8. The van der Waals surface area contributed by atoms with E-state index in [9.17, 15) is 15.0 Å². The van der Waals surface area contributed by atoms with Gasteiger partial charge in [-0.05, 0) is 12.8 Å². The van der Waals surface area contributed by atoms with Gasteiger partial charge in [-0.1, -0.05) is 290 Å². The lowest BCUT2D eigenvalue weighted by Gasteiger charge is -2.22. The van der Waals surface area contributed by atoms with Gasteiger partial charge in [0.15, 0.2) is 0 Å². The largest absolute Gasteiger partial charge is 0.394 e. The predicted octanol–water partition coefficient (Wildman–Crippen LogP) is 16.8. The van der Waals surface area contributed by atoms with E-state index in [-0.39, 0.29) is 12.5 Å². The van der Waals surface area contributed by atoms with Gasteiger partial charge in [-0.25, -0.2) is 0 Å². The molecule has 0 aromatic heterocycles. The van der Waals surface area contributed by atoms with E-state index in [0.717, 1.165) is 25.7 Å². The second-order valence-corrected chi connectivity index (χ2v) is 18.3. The van der Waals surface area contributed by atoms with Gasteiger partial charge in [0.25, 0.3) is 0 Å². The lowest BCUT2D eigenvalue weighted by Crippen LogP contribution is -2.45. The van der Waals surface area contributed by atoms with Gasteiger partial charge in [-0.15, -0.1) is 0 Å². The Kier molecular flexibility index (Phi) is 48.2. The normalized spacial score (nSPS) is 12.7. The van der Waals surface area contributed by atoms with Gasteiger partial charge in [0.2, 0.25) is 5.91 Å². The van der Waals surface area contributed by atoms with Gasteiger partial charge in [0.05, 0.1) is 18.8 Å². The molecule has 4 heteroatoms. The molecule has 0 saturated carbocycles. The van der Waals surface area contributed by atoms with Gasteiger partial charge in [0, 0.05) is 6.42 Å². The highest BCUT2D eigenvalue weighted by atomic mass is 16.3. The molecule has 0 aromatic rings. The highest BCUT2D eigenvalue weighted by Crippen LogP contribution is 2.18. The minimum atomic E-state index is -0.654. The summed E-state index contributed by atoms with van der Waals surface area (Å²) in [6, 6.07) is -0.530. The molecular weight excluding hydrogens is 687 g/mol. The number of hydrogen-bond donors (Lipinski definition) is 3. The van der Waals surface area contributed by atoms with Crippen molar-refractivity contribution in [3.8, 4) is 0 Å². The average Bonchev–Trinajstić information content (AvgIpc) is 3.20. The number of aliphatic hydroxyl groups excluding tert-OH is 2. The van der Waals surface area contributed by atoms with Crippen molar-refractivity contribution in [3.05, 3.63) is 0 Å². The molecule has 1 amide bonds. The zero-order valence-electron chi connectivity index (χ0n) is 38.7. The lowest BCUT2D eigenvalue weighted by atomic mass is 10.0. The number of carbonyl (C=O) groups is 1. The molecule has 0 radical (unpaired) electrons. The van der Waals surface area contributed by atoms with E-state index >= 15 is 0 Å². The Bertz CT molecular complexity index is 729. The molecule has 336 valence electrons. The van der Waals surface area contributed by atoms with Crippen LogP contribution in [0, 0.1) is 0 Å². The van der Waals surface area contributed by atoms with Crippen molar-refractivity contribution in [3.63, 3.8) is 0 Å². The third-order valence-electron chi connectivity index (χ3n) is 12.6. The molecular formula is C52H105NO3. The molecule has 0 rings (SSSR count). The average molecular weight is 792 g/mol. The zero-order valence-corrected chi connectivity index (χ0v) is 38.7. The molecule has 0 aliphatic heterocycles. The molecule has 2 atom stereocenters. The van der Waals surface area contributed by atoms with Crippen molar-refractivity contribution >= 4 is 5.91 Å². The van der Waals surface area contributed by atoms with E-state index in [4.69, 9.17) is 0 Å². The first-order chi connectivity index (χ1) is 27.7. The Labute approximate surface area is 353 Å². The molecule has 0 spiro atoms. The first-order valence-electron chi connectivity index (χ1n) is 26.2. The van der Waals surface area contributed by atoms with E-state index in [0.29, 0.717) is 12.8 Å². The maximum absolute atomic E-state index is 12.4. The fourth-order valence-corrected chi connectivity index (χ4v) is 8.60. The van der Waals surface area contributed by atoms with Gasteiger partial charge in [-0.3, -0.25) is 4.79 Å². The highest BCUT2D eigenvalue weighted by molar-refractivity contribution is 5.76. The fraction of sp³-hybridized carbons (Fsp3) is 0.981. The summed E-state index contributed by atoms with van der Waals surface area (Å²) in [5.41, 5.74) is 0. The van der Waals surface area contributed by atoms with Gasteiger partial charge >= 0.3 is 0 Å². The summed E-state index contributed by atoms with van der Waals surface area (Å²) in [6.45, 7) is 4.40. The van der Waals surface area contributed by atoms with Crippen LogP contribution >= 0.6 is 0 Å². The van der Waals surface area contributed by atoms with Crippen LogP contribution in [0.2, 0.25) is 0 Å². The molecule has 0 aliphatic carbocycles. The topological polar surface area (TPSA) is 69.6 Å². The number of hydrogen-bond acceptors (Lipinski definition) is 3. The second-order valence-electron chi connectivity index (χ2n) is 18.3. The fourth-order valence-electron chi connectivity index (χ4n) is 8.60. The van der Waals surface area contributed by atoms with E-state index in [1.165, 1.54) is 257 Å². The van der Waals surface area contributed by atoms with Gasteiger partial charge < -0.3 is 15.5 Å². The molecule has 3 N–H and O–H groups in total. The molecule has 0 fully saturated rings. The van der Waals surface area contributed by atoms with Crippen LogP contribution in [0.4, 0.5) is 0 Å². The number of nitrogens with one attached hydrogen (secondary N) is 1. The van der Waals surface area contributed by atoms with Crippen LogP contribution in [0.3, 0.4) is 0 Å². The standard InChI is InChI=1S/C52H105NO3/c1-3-5-7-9-11-13-15-17-19-21-22-23-24-25-26-27-28-29-30-31-32-33-35-37-39-41-43-45-47-51(55)50(49-54)53-52(56)48-46-44-42-40-38-36-34-20-18-16-14-12-10-8-6-4-2/h50-51,54-55H,3-49H2,1-2H3,(H,53,56). The molecule has 2 unspecified atom stereocenters. The van der Waals surface area contributed by atoms with Crippen molar-refractivity contribution in [2.24, 2.45) is 0 Å². The first kappa shape index (κ1) is 55.4. The van der Waals surface area contributed by atoms with Crippen LogP contribution in [-0.4, -0.2) is 34.9 Å². The predicted molar refractivity (Wildman–Crippen MR) is 249 cm³/mol. The van der Waals surface area contributed by atoms with Crippen LogP contribution in [0.15, 0.2) is 0 Å². The number of unbranched alkanes of at least 4 members (excludes halogenated alkanes) is 42. The molecule has 0 saturated heterocycles. The Morgan fingerprint density at radius 2 is 0.571 bits per heavy atom. The van der Waals surface area contributed by atoms with Crippen molar-refractivity contribution in [2.45, 2.75) is 321 Å². The van der Waals surface area contributed by atoms with Crippen molar-refractivity contribution < 1.29 is 15.0 Å². The zero-order chi connectivity index (χ0) is 40.7. The quantitative estimate of drug-likeness (QED) is 0.0538. The summed E-state index contributed by atoms with van der Waals surface area (Å²) in [7, 11) is 0. The Morgan fingerprint density at radius 3 is 0.804 bits per heavy atom. The monoisotopic (exact) mass is 792 g/mol. The minimum absolute atomic E-state index is 0.0242. The lowest BCUT2D eigenvalue weighted by molar-refractivity contribution is -0.123. The Balaban J connectivity index is 3.39. The SMILES string of the molecule is CCCCCCCCCCCCCCCCCCCCCCCCCCCCCCC(O)C(CO)NC(=O)CCCCCCCCCCCCCCCCCC. The molecule has 0 aromatic carbocycles. The Hall–Kier alpha value is -0.610. The van der Waals surface area contributed by atoms with E-state index in [1.54, 1.807) is 0 Å². The molecule has 0 bridgehead atoms. The third-order valence-corrected chi connectivity index (χ3v) is 12.6. The van der Waals surface area contributed by atoms with Crippen LogP contribution in [-0.2, 0) is 4.79 Å². The summed E-state index contributed by atoms with van der Waals surface area (Å²) >= 11 is 0. The highest BCUT2D eigenvalue weighted by Gasteiger charge is 2.20. The van der Waals surface area contributed by atoms with Crippen molar-refractivity contribution in [1.82, 2.24) is 5.32 Å². The van der Waals surface area contributed by atoms with Gasteiger partial charge in [-0.2, -0.15) is 0 Å². The van der Waals surface area contributed by atoms with Crippen LogP contribution < -0.4 is 5.32 Å². The summed E-state index contributed by atoms with van der Waals surface area (Å²) < 4.78 is 0. The summed E-state index contributed by atoms with van der Waals surface area (Å²) in [5.74, 6) is -0.0242. The molecule has 56 heavy (non-hydrogen) atoms. The number of amides is 1. The first-order valence-corrected chi connectivity index (χ1v) is 26.2. The van der Waals surface area contributed by atoms with E-state index in [1.807, 2.05) is 0 Å². The summed E-state index contributed by atoms with van der Waals surface area (Å²) in [6.07, 6.45) is 60.8.